The van der Waals surface area contributed by atoms with E-state index in [0.717, 1.165) is 22.4 Å². The predicted octanol–water partition coefficient (Wildman–Crippen LogP) is 7.07. The third-order valence-electron chi connectivity index (χ3n) is 6.82. The summed E-state index contributed by atoms with van der Waals surface area (Å²) in [7, 11) is 1.40. The van der Waals surface area contributed by atoms with Crippen LogP contribution in [0.3, 0.4) is 0 Å². The normalized spacial score (nSPS) is 16.2. The number of carbonyl (C=O) groups excluding carboxylic acids is 1. The third kappa shape index (κ3) is 4.17. The second kappa shape index (κ2) is 8.46. The van der Waals surface area contributed by atoms with Crippen molar-refractivity contribution in [2.24, 2.45) is 0 Å². The van der Waals surface area contributed by atoms with Crippen LogP contribution in [-0.4, -0.2) is 13.1 Å². The molecule has 0 N–H and O–H groups in total. The highest BCUT2D eigenvalue weighted by atomic mass is 16.5. The number of carbonyl (C=O) groups is 1. The van der Waals surface area contributed by atoms with Crippen molar-refractivity contribution in [1.29, 1.82) is 0 Å². The minimum absolute atomic E-state index is 0.165. The van der Waals surface area contributed by atoms with Crippen LogP contribution in [0, 0.1) is 0 Å². The van der Waals surface area contributed by atoms with E-state index in [-0.39, 0.29) is 16.8 Å². The molecular formula is C29H32O3. The van der Waals surface area contributed by atoms with E-state index in [2.05, 4.69) is 45.9 Å². The number of methoxy groups -OCH3 is 1. The molecule has 3 nitrogen and oxygen atoms in total. The van der Waals surface area contributed by atoms with Crippen molar-refractivity contribution in [2.75, 3.05) is 7.11 Å². The van der Waals surface area contributed by atoms with E-state index in [0.29, 0.717) is 12.2 Å². The van der Waals surface area contributed by atoms with Gasteiger partial charge in [0.1, 0.15) is 12.4 Å². The number of hydrogen-bond donors (Lipinski definition) is 0. The van der Waals surface area contributed by atoms with Gasteiger partial charge in [-0.1, -0.05) is 82.3 Å². The fourth-order valence-corrected chi connectivity index (χ4v) is 4.71. The molecule has 0 bridgehead atoms. The van der Waals surface area contributed by atoms with E-state index in [4.69, 9.17) is 9.47 Å². The van der Waals surface area contributed by atoms with Gasteiger partial charge in [0, 0.05) is 5.56 Å². The molecule has 0 fully saturated rings. The van der Waals surface area contributed by atoms with Crippen LogP contribution < -0.4 is 4.74 Å². The minimum Gasteiger partial charge on any atom is -0.488 e. The lowest BCUT2D eigenvalue weighted by Crippen LogP contribution is -2.33. The van der Waals surface area contributed by atoms with Gasteiger partial charge in [0.25, 0.3) is 0 Å². The zero-order valence-electron chi connectivity index (χ0n) is 19.7. The summed E-state index contributed by atoms with van der Waals surface area (Å²) in [6, 6.07) is 22.1. The molecule has 0 saturated heterocycles. The molecule has 0 saturated carbocycles. The summed E-state index contributed by atoms with van der Waals surface area (Å²) in [4.78, 5) is 12.3. The summed E-state index contributed by atoms with van der Waals surface area (Å²) in [5, 5.41) is 0. The van der Waals surface area contributed by atoms with Crippen LogP contribution in [0.2, 0.25) is 0 Å². The molecule has 3 heteroatoms. The SMILES string of the molecule is COC(=O)c1ccccc1-c1ccccc1OCc1ccc2c(c1)C(C)(C)CCC2(C)C. The fraction of sp³-hybridized carbons (Fsp3) is 0.345. The average molecular weight is 429 g/mol. The second-order valence-electron chi connectivity index (χ2n) is 9.97. The van der Waals surface area contributed by atoms with Crippen LogP contribution in [-0.2, 0) is 22.2 Å². The quantitative estimate of drug-likeness (QED) is 0.408. The molecule has 0 aromatic heterocycles. The Morgan fingerprint density at radius 2 is 1.44 bits per heavy atom. The first-order valence-corrected chi connectivity index (χ1v) is 11.3. The maximum Gasteiger partial charge on any atom is 0.338 e. The number of fused-ring (bicyclic) bond motifs is 1. The Morgan fingerprint density at radius 1 is 0.812 bits per heavy atom. The van der Waals surface area contributed by atoms with Crippen molar-refractivity contribution in [2.45, 2.75) is 58.0 Å². The summed E-state index contributed by atoms with van der Waals surface area (Å²) in [5.41, 5.74) is 6.63. The monoisotopic (exact) mass is 428 g/mol. The first-order valence-electron chi connectivity index (χ1n) is 11.3. The molecule has 0 amide bonds. The van der Waals surface area contributed by atoms with E-state index in [1.807, 2.05) is 42.5 Å². The first kappa shape index (κ1) is 22.1. The van der Waals surface area contributed by atoms with Gasteiger partial charge in [0.05, 0.1) is 12.7 Å². The van der Waals surface area contributed by atoms with Crippen molar-refractivity contribution in [3.05, 3.63) is 89.0 Å². The molecule has 3 aromatic rings. The van der Waals surface area contributed by atoms with E-state index in [1.165, 1.54) is 31.1 Å². The van der Waals surface area contributed by atoms with Gasteiger partial charge in [-0.2, -0.15) is 0 Å². The second-order valence-corrected chi connectivity index (χ2v) is 9.97. The zero-order chi connectivity index (χ0) is 22.9. The molecule has 0 radical (unpaired) electrons. The van der Waals surface area contributed by atoms with Crippen molar-refractivity contribution >= 4 is 5.97 Å². The fourth-order valence-electron chi connectivity index (χ4n) is 4.71. The Bertz CT molecular complexity index is 1140. The summed E-state index contributed by atoms with van der Waals surface area (Å²) in [6.45, 7) is 9.83. The molecule has 0 heterocycles. The minimum atomic E-state index is -0.352. The predicted molar refractivity (Wildman–Crippen MR) is 129 cm³/mol. The van der Waals surface area contributed by atoms with Gasteiger partial charge >= 0.3 is 5.97 Å². The molecule has 0 unspecified atom stereocenters. The van der Waals surface area contributed by atoms with Gasteiger partial charge in [-0.05, 0) is 58.1 Å². The van der Waals surface area contributed by atoms with Crippen molar-refractivity contribution < 1.29 is 14.3 Å². The van der Waals surface area contributed by atoms with Crippen LogP contribution in [0.15, 0.2) is 66.7 Å². The Balaban J connectivity index is 1.64. The molecular weight excluding hydrogens is 396 g/mol. The summed E-state index contributed by atoms with van der Waals surface area (Å²) in [6.07, 6.45) is 2.39. The largest absolute Gasteiger partial charge is 0.488 e. The molecule has 32 heavy (non-hydrogen) atoms. The van der Waals surface area contributed by atoms with Crippen molar-refractivity contribution in [3.8, 4) is 16.9 Å². The highest BCUT2D eigenvalue weighted by Crippen LogP contribution is 2.46. The molecule has 1 aliphatic carbocycles. The van der Waals surface area contributed by atoms with E-state index in [1.54, 1.807) is 6.07 Å². The summed E-state index contributed by atoms with van der Waals surface area (Å²) in [5.74, 6) is 0.399. The van der Waals surface area contributed by atoms with Gasteiger partial charge in [-0.25, -0.2) is 4.79 Å². The lowest BCUT2D eigenvalue weighted by Gasteiger charge is -2.42. The number of esters is 1. The molecule has 1 aliphatic rings. The summed E-state index contributed by atoms with van der Waals surface area (Å²) >= 11 is 0. The highest BCUT2D eigenvalue weighted by molar-refractivity contribution is 5.98. The van der Waals surface area contributed by atoms with E-state index < -0.39 is 0 Å². The summed E-state index contributed by atoms with van der Waals surface area (Å²) < 4.78 is 11.3. The average Bonchev–Trinajstić information content (AvgIpc) is 2.80. The van der Waals surface area contributed by atoms with Gasteiger partial charge < -0.3 is 9.47 Å². The molecule has 3 aromatic carbocycles. The van der Waals surface area contributed by atoms with Crippen LogP contribution in [0.1, 0.15) is 67.6 Å². The van der Waals surface area contributed by atoms with Crippen LogP contribution >= 0.6 is 0 Å². The number of para-hydroxylation sites is 1. The zero-order valence-corrected chi connectivity index (χ0v) is 19.7. The Morgan fingerprint density at radius 3 is 2.16 bits per heavy atom. The number of rotatable bonds is 5. The lowest BCUT2D eigenvalue weighted by atomic mass is 9.63. The molecule has 0 aliphatic heterocycles. The van der Waals surface area contributed by atoms with Crippen LogP contribution in [0.5, 0.6) is 5.75 Å². The molecule has 0 spiro atoms. The molecule has 4 rings (SSSR count). The number of ether oxygens (including phenoxy) is 2. The van der Waals surface area contributed by atoms with E-state index >= 15 is 0 Å². The van der Waals surface area contributed by atoms with E-state index in [9.17, 15) is 4.79 Å². The smallest absolute Gasteiger partial charge is 0.338 e. The van der Waals surface area contributed by atoms with Crippen molar-refractivity contribution in [1.82, 2.24) is 0 Å². The Kier molecular flexibility index (Phi) is 5.85. The number of benzene rings is 3. The third-order valence-corrected chi connectivity index (χ3v) is 6.82. The molecule has 0 atom stereocenters. The van der Waals surface area contributed by atoms with Gasteiger partial charge in [-0.15, -0.1) is 0 Å². The maximum atomic E-state index is 12.3. The highest BCUT2D eigenvalue weighted by Gasteiger charge is 2.36. The number of hydrogen-bond acceptors (Lipinski definition) is 3. The Labute approximate surface area is 191 Å². The van der Waals surface area contributed by atoms with Crippen LogP contribution in [0.25, 0.3) is 11.1 Å². The first-order chi connectivity index (χ1) is 15.2. The van der Waals surface area contributed by atoms with Crippen LogP contribution in [0.4, 0.5) is 0 Å². The van der Waals surface area contributed by atoms with Gasteiger partial charge in [0.2, 0.25) is 0 Å². The van der Waals surface area contributed by atoms with Gasteiger partial charge in [-0.3, -0.25) is 0 Å². The maximum absolute atomic E-state index is 12.3. The standard InChI is InChI=1S/C29H32O3/c1-28(2)16-17-29(3,4)25-18-20(14-15-24(25)28)19-32-26-13-9-8-11-22(26)21-10-6-7-12-23(21)27(30)31-5/h6-15,18H,16-17,19H2,1-5H3. The molecule has 166 valence electrons. The van der Waals surface area contributed by atoms with Gasteiger partial charge in [0.15, 0.2) is 0 Å². The lowest BCUT2D eigenvalue weighted by molar-refractivity contribution is 0.0601. The topological polar surface area (TPSA) is 35.5 Å². The Hall–Kier alpha value is -3.07. The van der Waals surface area contributed by atoms with Crippen molar-refractivity contribution in [3.63, 3.8) is 0 Å².